The van der Waals surface area contributed by atoms with Crippen molar-refractivity contribution in [3.05, 3.63) is 60.2 Å². The van der Waals surface area contributed by atoms with Gasteiger partial charge in [-0.2, -0.15) is 0 Å². The van der Waals surface area contributed by atoms with Crippen LogP contribution in [0.5, 0.6) is 0 Å². The summed E-state index contributed by atoms with van der Waals surface area (Å²) in [5, 5.41) is 3.05. The predicted octanol–water partition coefficient (Wildman–Crippen LogP) is 4.05. The van der Waals surface area contributed by atoms with Crippen LogP contribution in [0.1, 0.15) is 38.2 Å². The van der Waals surface area contributed by atoms with Gasteiger partial charge < -0.3 is 10.2 Å². The maximum Gasteiger partial charge on any atom is 0.228 e. The average molecular weight is 391 g/mol. The van der Waals surface area contributed by atoms with E-state index in [2.05, 4.69) is 29.6 Å². The van der Waals surface area contributed by atoms with Gasteiger partial charge in [-0.05, 0) is 49.3 Å². The van der Waals surface area contributed by atoms with E-state index in [9.17, 15) is 9.59 Å². The molecule has 2 fully saturated rings. The number of hydrogen-bond acceptors (Lipinski definition) is 2. The Morgan fingerprint density at radius 2 is 1.79 bits per heavy atom. The second kappa shape index (κ2) is 8.40. The quantitative estimate of drug-likeness (QED) is 0.809. The highest BCUT2D eigenvalue weighted by Gasteiger charge is 2.47. The van der Waals surface area contributed by atoms with Gasteiger partial charge in [-0.15, -0.1) is 0 Å². The second-order valence-electron chi connectivity index (χ2n) is 8.48. The predicted molar refractivity (Wildman–Crippen MR) is 115 cm³/mol. The molecule has 1 N–H and O–H groups in total. The van der Waals surface area contributed by atoms with E-state index in [-0.39, 0.29) is 17.7 Å². The third-order valence-corrected chi connectivity index (χ3v) is 6.57. The Morgan fingerprint density at radius 3 is 2.48 bits per heavy atom. The summed E-state index contributed by atoms with van der Waals surface area (Å²) in [6.07, 6.45) is 4.52. The van der Waals surface area contributed by atoms with Crippen LogP contribution < -0.4 is 5.32 Å². The number of hydrogen-bond donors (Lipinski definition) is 1. The van der Waals surface area contributed by atoms with Crippen LogP contribution >= 0.6 is 0 Å². The number of nitrogens with one attached hydrogen (secondary N) is 1. The molecule has 1 saturated heterocycles. The van der Waals surface area contributed by atoms with Crippen molar-refractivity contribution in [2.24, 2.45) is 11.3 Å². The van der Waals surface area contributed by atoms with E-state index in [1.807, 2.05) is 42.2 Å². The van der Waals surface area contributed by atoms with Crippen molar-refractivity contribution >= 4 is 11.8 Å². The highest BCUT2D eigenvalue weighted by Crippen LogP contribution is 2.39. The summed E-state index contributed by atoms with van der Waals surface area (Å²) in [6.45, 7) is 3.77. The molecule has 2 aromatic rings. The van der Waals surface area contributed by atoms with Gasteiger partial charge in [0.25, 0.3) is 0 Å². The standard InChI is InChI=1S/C25H30N2O2/c1-2-26-24(29)25(15-16-27(18-25)23(28)20-12-8-13-20)17-21-11-6-7-14-22(21)19-9-4-3-5-10-19/h3-7,9-11,14,20H,2,8,12-13,15-18H2,1H3,(H,26,29). The molecule has 29 heavy (non-hydrogen) atoms. The van der Waals surface area contributed by atoms with Gasteiger partial charge in [0.15, 0.2) is 0 Å². The van der Waals surface area contributed by atoms with E-state index >= 15 is 0 Å². The lowest BCUT2D eigenvalue weighted by Gasteiger charge is -2.32. The molecule has 4 nitrogen and oxygen atoms in total. The summed E-state index contributed by atoms with van der Waals surface area (Å²) in [6, 6.07) is 18.7. The van der Waals surface area contributed by atoms with Crippen LogP contribution in [0.4, 0.5) is 0 Å². The molecule has 152 valence electrons. The fraction of sp³-hybridized carbons (Fsp3) is 0.440. The molecule has 1 unspecified atom stereocenters. The number of carbonyl (C=O) groups is 2. The smallest absolute Gasteiger partial charge is 0.228 e. The summed E-state index contributed by atoms with van der Waals surface area (Å²) in [5.74, 6) is 0.502. The number of amides is 2. The zero-order valence-electron chi connectivity index (χ0n) is 17.2. The second-order valence-corrected chi connectivity index (χ2v) is 8.48. The van der Waals surface area contributed by atoms with Gasteiger partial charge in [0, 0.05) is 25.6 Å². The number of likely N-dealkylation sites (tertiary alicyclic amines) is 1. The van der Waals surface area contributed by atoms with Crippen molar-refractivity contribution in [2.45, 2.75) is 39.0 Å². The molecule has 1 aliphatic carbocycles. The van der Waals surface area contributed by atoms with Crippen LogP contribution in [0.15, 0.2) is 54.6 Å². The lowest BCUT2D eigenvalue weighted by Crippen LogP contribution is -2.46. The maximum atomic E-state index is 13.2. The van der Waals surface area contributed by atoms with Crippen molar-refractivity contribution in [3.8, 4) is 11.1 Å². The molecule has 1 aliphatic heterocycles. The topological polar surface area (TPSA) is 49.4 Å². The lowest BCUT2D eigenvalue weighted by atomic mass is 9.78. The Kier molecular flexibility index (Phi) is 5.70. The van der Waals surface area contributed by atoms with Crippen LogP contribution in [0.25, 0.3) is 11.1 Å². The van der Waals surface area contributed by atoms with E-state index in [4.69, 9.17) is 0 Å². The average Bonchev–Trinajstić information content (AvgIpc) is 3.13. The highest BCUT2D eigenvalue weighted by atomic mass is 16.2. The molecular weight excluding hydrogens is 360 g/mol. The van der Waals surface area contributed by atoms with E-state index < -0.39 is 5.41 Å². The van der Waals surface area contributed by atoms with Gasteiger partial charge >= 0.3 is 0 Å². The Hall–Kier alpha value is -2.62. The summed E-state index contributed by atoms with van der Waals surface area (Å²) in [7, 11) is 0. The Balaban J connectivity index is 1.63. The van der Waals surface area contributed by atoms with Crippen LogP contribution in [-0.2, 0) is 16.0 Å². The molecule has 2 aliphatic rings. The van der Waals surface area contributed by atoms with Crippen molar-refractivity contribution in [1.82, 2.24) is 10.2 Å². The van der Waals surface area contributed by atoms with Crippen LogP contribution in [0.3, 0.4) is 0 Å². The van der Waals surface area contributed by atoms with Crippen LogP contribution in [0.2, 0.25) is 0 Å². The number of benzene rings is 2. The highest BCUT2D eigenvalue weighted by molar-refractivity contribution is 5.87. The summed E-state index contributed by atoms with van der Waals surface area (Å²) < 4.78 is 0. The SMILES string of the molecule is CCNC(=O)C1(Cc2ccccc2-c2ccccc2)CCN(C(=O)C2CCC2)C1. The molecule has 1 atom stereocenters. The van der Waals surface area contributed by atoms with Gasteiger partial charge in [-0.3, -0.25) is 9.59 Å². The van der Waals surface area contributed by atoms with Crippen molar-refractivity contribution in [1.29, 1.82) is 0 Å². The molecule has 2 amide bonds. The largest absolute Gasteiger partial charge is 0.356 e. The first-order valence-corrected chi connectivity index (χ1v) is 10.8. The molecule has 1 heterocycles. The normalized spacial score (nSPS) is 21.6. The molecular formula is C25H30N2O2. The summed E-state index contributed by atoms with van der Waals surface area (Å²) in [5.41, 5.74) is 2.94. The van der Waals surface area contributed by atoms with Gasteiger partial charge in [0.1, 0.15) is 0 Å². The molecule has 2 aromatic carbocycles. The molecule has 0 aromatic heterocycles. The number of rotatable bonds is 6. The Labute approximate surface area is 173 Å². The Morgan fingerprint density at radius 1 is 1.07 bits per heavy atom. The van der Waals surface area contributed by atoms with Crippen LogP contribution in [0, 0.1) is 11.3 Å². The lowest BCUT2D eigenvalue weighted by molar-refractivity contribution is -0.138. The zero-order chi connectivity index (χ0) is 20.3. The van der Waals surface area contributed by atoms with Gasteiger partial charge in [0.05, 0.1) is 5.41 Å². The van der Waals surface area contributed by atoms with Crippen molar-refractivity contribution in [3.63, 3.8) is 0 Å². The van der Waals surface area contributed by atoms with Crippen molar-refractivity contribution in [2.75, 3.05) is 19.6 Å². The van der Waals surface area contributed by atoms with E-state index in [0.717, 1.165) is 31.2 Å². The maximum absolute atomic E-state index is 13.2. The fourth-order valence-corrected chi connectivity index (χ4v) is 4.67. The third kappa shape index (κ3) is 3.93. The first-order chi connectivity index (χ1) is 14.1. The van der Waals surface area contributed by atoms with E-state index in [1.54, 1.807) is 0 Å². The zero-order valence-corrected chi connectivity index (χ0v) is 17.2. The Bertz CT molecular complexity index is 875. The molecule has 1 saturated carbocycles. The number of nitrogens with zero attached hydrogens (tertiary/aromatic N) is 1. The van der Waals surface area contributed by atoms with E-state index in [0.29, 0.717) is 26.1 Å². The number of carbonyl (C=O) groups excluding carboxylic acids is 2. The minimum absolute atomic E-state index is 0.0757. The monoisotopic (exact) mass is 390 g/mol. The van der Waals surface area contributed by atoms with Gasteiger partial charge in [-0.1, -0.05) is 61.0 Å². The summed E-state index contributed by atoms with van der Waals surface area (Å²) >= 11 is 0. The molecule has 0 bridgehead atoms. The van der Waals surface area contributed by atoms with Crippen LogP contribution in [-0.4, -0.2) is 36.3 Å². The van der Waals surface area contributed by atoms with E-state index in [1.165, 1.54) is 11.1 Å². The fourth-order valence-electron chi connectivity index (χ4n) is 4.67. The first-order valence-electron chi connectivity index (χ1n) is 10.8. The minimum Gasteiger partial charge on any atom is -0.356 e. The first kappa shape index (κ1) is 19.7. The third-order valence-electron chi connectivity index (χ3n) is 6.57. The van der Waals surface area contributed by atoms with Crippen molar-refractivity contribution < 1.29 is 9.59 Å². The van der Waals surface area contributed by atoms with Gasteiger partial charge in [-0.25, -0.2) is 0 Å². The molecule has 0 spiro atoms. The van der Waals surface area contributed by atoms with Gasteiger partial charge in [0.2, 0.25) is 11.8 Å². The molecule has 4 rings (SSSR count). The summed E-state index contributed by atoms with van der Waals surface area (Å²) in [4.78, 5) is 28.0. The minimum atomic E-state index is -0.555. The molecule has 0 radical (unpaired) electrons. The molecule has 4 heteroatoms.